The molecule has 0 unspecified atom stereocenters. The maximum Gasteiger partial charge on any atom is 0.182 e. The van der Waals surface area contributed by atoms with Gasteiger partial charge in [-0.3, -0.25) is 4.79 Å². The van der Waals surface area contributed by atoms with Crippen molar-refractivity contribution in [2.75, 3.05) is 0 Å². The number of aryl methyl sites for hydroxylation is 1. The minimum Gasteiger partial charge on any atom is -0.292 e. The molecule has 5 heteroatoms. The molecule has 0 aliphatic heterocycles. The van der Waals surface area contributed by atoms with Crippen molar-refractivity contribution < 1.29 is 4.79 Å². The van der Waals surface area contributed by atoms with Crippen LogP contribution in [0.25, 0.3) is 0 Å². The zero-order valence-corrected chi connectivity index (χ0v) is 12.6. The van der Waals surface area contributed by atoms with Crippen LogP contribution in [-0.2, 0) is 12.2 Å². The lowest BCUT2D eigenvalue weighted by molar-refractivity contribution is 0.0968. The first-order chi connectivity index (χ1) is 9.22. The number of carbonyl (C=O) groups is 1. The van der Waals surface area contributed by atoms with Crippen molar-refractivity contribution in [1.82, 2.24) is 4.98 Å². The summed E-state index contributed by atoms with van der Waals surface area (Å²) in [7, 11) is 0. The Balaban J connectivity index is 1.70. The van der Waals surface area contributed by atoms with Crippen molar-refractivity contribution in [3.8, 4) is 0 Å². The fourth-order valence-electron chi connectivity index (χ4n) is 2.05. The van der Waals surface area contributed by atoms with E-state index in [2.05, 4.69) is 4.98 Å². The van der Waals surface area contributed by atoms with Crippen LogP contribution < -0.4 is 0 Å². The first-order valence-corrected chi connectivity index (χ1v) is 8.30. The second-order valence-corrected chi connectivity index (χ2v) is 7.05. The molecule has 0 atom stereocenters. The molecule has 0 saturated heterocycles. The van der Waals surface area contributed by atoms with Crippen LogP contribution in [0.1, 0.15) is 33.2 Å². The Labute approximate surface area is 125 Å². The number of thioether (sulfide) groups is 1. The van der Waals surface area contributed by atoms with Crippen molar-refractivity contribution in [3.63, 3.8) is 0 Å². The molecule has 1 aliphatic carbocycles. The number of thiazole rings is 1. The molecule has 0 amide bonds. The molecule has 19 heavy (non-hydrogen) atoms. The van der Waals surface area contributed by atoms with Gasteiger partial charge in [0.1, 0.15) is 10.7 Å². The van der Waals surface area contributed by atoms with Gasteiger partial charge in [0.15, 0.2) is 5.78 Å². The largest absolute Gasteiger partial charge is 0.292 e. The second kappa shape index (κ2) is 5.65. The Kier molecular flexibility index (Phi) is 3.91. The van der Waals surface area contributed by atoms with Gasteiger partial charge in [-0.2, -0.15) is 0 Å². The Morgan fingerprint density at radius 3 is 2.79 bits per heavy atom. The fraction of sp³-hybridized carbons (Fsp3) is 0.286. The van der Waals surface area contributed by atoms with Crippen LogP contribution in [0.3, 0.4) is 0 Å². The zero-order valence-electron chi connectivity index (χ0n) is 10.2. The summed E-state index contributed by atoms with van der Waals surface area (Å²) in [5.41, 5.74) is 0.725. The molecule has 3 rings (SSSR count). The van der Waals surface area contributed by atoms with Crippen molar-refractivity contribution >= 4 is 40.5 Å². The third-order valence-electron chi connectivity index (χ3n) is 2.99. The molecule has 0 fully saturated rings. The van der Waals surface area contributed by atoms with Crippen LogP contribution >= 0.6 is 34.7 Å². The highest BCUT2D eigenvalue weighted by Gasteiger charge is 2.21. The van der Waals surface area contributed by atoms with E-state index in [1.165, 1.54) is 9.77 Å². The topological polar surface area (TPSA) is 30.0 Å². The van der Waals surface area contributed by atoms with Gasteiger partial charge in [0.05, 0.1) is 5.75 Å². The molecule has 2 nitrogen and oxygen atoms in total. The molecule has 2 aromatic rings. The predicted molar refractivity (Wildman–Crippen MR) is 80.4 cm³/mol. The van der Waals surface area contributed by atoms with Crippen LogP contribution in [0.15, 0.2) is 29.2 Å². The molecular weight excluding hydrogens is 298 g/mol. The summed E-state index contributed by atoms with van der Waals surface area (Å²) in [6, 6.07) is 7.79. The maximum absolute atomic E-state index is 11.7. The monoisotopic (exact) mass is 309 g/mol. The average molecular weight is 310 g/mol. The Morgan fingerprint density at radius 2 is 2.05 bits per heavy atom. The molecule has 0 bridgehead atoms. The molecule has 0 radical (unpaired) electrons. The molecule has 1 aromatic carbocycles. The number of nitrogens with zero attached hydrogens (tertiary/aromatic N) is 1. The summed E-state index contributed by atoms with van der Waals surface area (Å²) in [5, 5.41) is 1.79. The standard InChI is InChI=1S/C14H12ClNOS2/c15-9-4-6-10(7-5-9)18-8-13-16-14-11(17)2-1-3-12(14)19-13/h4-7H,1-3,8H2. The quantitative estimate of drug-likeness (QED) is 0.776. The highest BCUT2D eigenvalue weighted by Crippen LogP contribution is 2.31. The van der Waals surface area contributed by atoms with Gasteiger partial charge in [-0.25, -0.2) is 4.98 Å². The van der Waals surface area contributed by atoms with Crippen LogP contribution in [0.2, 0.25) is 5.02 Å². The normalized spacial score (nSPS) is 14.5. The van der Waals surface area contributed by atoms with Gasteiger partial charge < -0.3 is 0 Å². The third-order valence-corrected chi connectivity index (χ3v) is 5.56. The number of hydrogen-bond acceptors (Lipinski definition) is 4. The Bertz CT molecular complexity index is 606. The van der Waals surface area contributed by atoms with Gasteiger partial charge in [-0.1, -0.05) is 11.6 Å². The van der Waals surface area contributed by atoms with Gasteiger partial charge >= 0.3 is 0 Å². The summed E-state index contributed by atoms with van der Waals surface area (Å²) in [4.78, 5) is 18.6. The van der Waals surface area contributed by atoms with E-state index < -0.39 is 0 Å². The molecule has 0 saturated carbocycles. The SMILES string of the molecule is O=C1CCCc2sc(CSc3ccc(Cl)cc3)nc21. The lowest BCUT2D eigenvalue weighted by Crippen LogP contribution is -2.08. The van der Waals surface area contributed by atoms with E-state index in [1.54, 1.807) is 23.1 Å². The fourth-order valence-corrected chi connectivity index (χ4v) is 4.20. The summed E-state index contributed by atoms with van der Waals surface area (Å²) in [6.45, 7) is 0. The average Bonchev–Trinajstić information content (AvgIpc) is 2.83. The number of ketones is 1. The second-order valence-electron chi connectivity index (χ2n) is 4.40. The summed E-state index contributed by atoms with van der Waals surface area (Å²) in [5.74, 6) is 1.02. The van der Waals surface area contributed by atoms with Gasteiger partial charge in [0, 0.05) is 21.2 Å². The smallest absolute Gasteiger partial charge is 0.182 e. The lowest BCUT2D eigenvalue weighted by atomic mass is 10.0. The number of hydrogen-bond donors (Lipinski definition) is 0. The number of Topliss-reactive ketones (excluding diaryl/α,β-unsaturated/α-hetero) is 1. The Morgan fingerprint density at radius 1 is 1.26 bits per heavy atom. The number of benzene rings is 1. The summed E-state index contributed by atoms with van der Waals surface area (Å²) in [6.07, 6.45) is 2.63. The third kappa shape index (κ3) is 3.02. The van der Waals surface area contributed by atoms with E-state index in [1.807, 2.05) is 24.3 Å². The van der Waals surface area contributed by atoms with Crippen LogP contribution in [0.4, 0.5) is 0 Å². The number of carbonyl (C=O) groups excluding carboxylic acids is 1. The van der Waals surface area contributed by atoms with Crippen molar-refractivity contribution in [1.29, 1.82) is 0 Å². The van der Waals surface area contributed by atoms with Gasteiger partial charge in [0.2, 0.25) is 0 Å². The summed E-state index contributed by atoms with van der Waals surface area (Å²) >= 11 is 9.26. The van der Waals surface area contributed by atoms with E-state index in [9.17, 15) is 4.79 Å². The van der Waals surface area contributed by atoms with Crippen molar-refractivity contribution in [2.24, 2.45) is 0 Å². The molecular formula is C14H12ClNOS2. The number of fused-ring (bicyclic) bond motifs is 1. The van der Waals surface area contributed by atoms with E-state index in [0.717, 1.165) is 34.3 Å². The first kappa shape index (κ1) is 13.2. The lowest BCUT2D eigenvalue weighted by Gasteiger charge is -2.06. The first-order valence-electron chi connectivity index (χ1n) is 6.12. The highest BCUT2D eigenvalue weighted by atomic mass is 35.5. The van der Waals surface area contributed by atoms with Gasteiger partial charge in [0.25, 0.3) is 0 Å². The highest BCUT2D eigenvalue weighted by molar-refractivity contribution is 7.98. The molecule has 1 heterocycles. The van der Waals surface area contributed by atoms with Crippen LogP contribution in [0.5, 0.6) is 0 Å². The van der Waals surface area contributed by atoms with Crippen LogP contribution in [-0.4, -0.2) is 10.8 Å². The van der Waals surface area contributed by atoms with E-state index >= 15 is 0 Å². The minimum atomic E-state index is 0.209. The number of halogens is 1. The van der Waals surface area contributed by atoms with Crippen LogP contribution in [0, 0.1) is 0 Å². The van der Waals surface area contributed by atoms with Crippen molar-refractivity contribution in [2.45, 2.75) is 29.9 Å². The number of rotatable bonds is 3. The van der Waals surface area contributed by atoms with Crippen molar-refractivity contribution in [3.05, 3.63) is 44.9 Å². The van der Waals surface area contributed by atoms with E-state index in [0.29, 0.717) is 6.42 Å². The molecule has 0 N–H and O–H groups in total. The van der Waals surface area contributed by atoms with E-state index in [-0.39, 0.29) is 5.78 Å². The van der Waals surface area contributed by atoms with Gasteiger partial charge in [-0.05, 0) is 37.1 Å². The molecule has 1 aliphatic rings. The molecule has 0 spiro atoms. The Hall–Kier alpha value is -0.840. The molecule has 1 aromatic heterocycles. The molecule has 98 valence electrons. The predicted octanol–water partition coefficient (Wildman–Crippen LogP) is 4.61. The summed E-state index contributed by atoms with van der Waals surface area (Å²) < 4.78 is 0. The minimum absolute atomic E-state index is 0.209. The maximum atomic E-state index is 11.7. The zero-order chi connectivity index (χ0) is 13.2. The van der Waals surface area contributed by atoms with Gasteiger partial charge in [-0.15, -0.1) is 23.1 Å². The number of aromatic nitrogens is 1. The van der Waals surface area contributed by atoms with E-state index in [4.69, 9.17) is 11.6 Å².